The summed E-state index contributed by atoms with van der Waals surface area (Å²) in [6.07, 6.45) is 9.64. The van der Waals surface area contributed by atoms with Crippen molar-refractivity contribution >= 4 is 41.4 Å². The molecular formula is C38H62N6O8. The molecule has 0 aromatic carbocycles. The number of amides is 6. The Bertz CT molecular complexity index is 1310. The molecule has 0 radical (unpaired) electrons. The first-order chi connectivity index (χ1) is 24.7. The molecule has 0 bridgehead atoms. The topological polar surface area (TPSA) is 192 Å². The van der Waals surface area contributed by atoms with Crippen LogP contribution < -0.4 is 26.6 Å². The van der Waals surface area contributed by atoms with Gasteiger partial charge >= 0.3 is 6.09 Å². The summed E-state index contributed by atoms with van der Waals surface area (Å²) in [5.41, 5.74) is 0. The highest BCUT2D eigenvalue weighted by Crippen LogP contribution is 2.40. The molecule has 6 amide bonds. The minimum absolute atomic E-state index is 0.00305. The molecule has 1 saturated heterocycles. The molecule has 52 heavy (non-hydrogen) atoms. The van der Waals surface area contributed by atoms with Gasteiger partial charge < -0.3 is 36.2 Å². The molecule has 14 nitrogen and oxygen atoms in total. The van der Waals surface area contributed by atoms with Gasteiger partial charge in [-0.2, -0.15) is 0 Å². The van der Waals surface area contributed by atoms with Crippen molar-refractivity contribution in [1.82, 2.24) is 31.5 Å². The zero-order valence-corrected chi connectivity index (χ0v) is 32.0. The van der Waals surface area contributed by atoms with Crippen LogP contribution in [0.4, 0.5) is 4.79 Å². The molecule has 4 aliphatic rings. The van der Waals surface area contributed by atoms with Gasteiger partial charge in [-0.05, 0) is 89.9 Å². The van der Waals surface area contributed by atoms with Crippen molar-refractivity contribution in [2.75, 3.05) is 0 Å². The van der Waals surface area contributed by atoms with Crippen LogP contribution in [-0.2, 0) is 33.5 Å². The molecule has 292 valence electrons. The molecular weight excluding hydrogens is 668 g/mol. The number of alkyl carbamates (subject to hydrolysis) is 1. The lowest BCUT2D eigenvalue weighted by atomic mass is 9.83. The van der Waals surface area contributed by atoms with Gasteiger partial charge in [0.2, 0.25) is 29.4 Å². The summed E-state index contributed by atoms with van der Waals surface area (Å²) in [7, 11) is 0. The maximum atomic E-state index is 14.7. The molecule has 0 aromatic rings. The van der Waals surface area contributed by atoms with E-state index in [2.05, 4.69) is 26.6 Å². The summed E-state index contributed by atoms with van der Waals surface area (Å²) in [6, 6.07) is -4.94. The number of Topliss-reactive ketones (excluding diaryl/α,β-unsaturated/α-hetero) is 1. The number of nitrogens with one attached hydrogen (secondary N) is 5. The third kappa shape index (κ3) is 10.9. The van der Waals surface area contributed by atoms with E-state index in [0.29, 0.717) is 19.3 Å². The molecule has 7 atom stereocenters. The summed E-state index contributed by atoms with van der Waals surface area (Å²) in [5, 5.41) is 13.9. The van der Waals surface area contributed by atoms with Crippen molar-refractivity contribution in [2.24, 2.45) is 17.8 Å². The van der Waals surface area contributed by atoms with Crippen LogP contribution in [0.5, 0.6) is 0 Å². The van der Waals surface area contributed by atoms with E-state index in [0.717, 1.165) is 70.6 Å². The number of hydrogen-bond donors (Lipinski definition) is 5. The van der Waals surface area contributed by atoms with Gasteiger partial charge in [0.25, 0.3) is 5.91 Å². The highest BCUT2D eigenvalue weighted by Gasteiger charge is 2.50. The smallest absolute Gasteiger partial charge is 0.408 e. The average molecular weight is 731 g/mol. The van der Waals surface area contributed by atoms with E-state index >= 15 is 0 Å². The third-order valence-electron chi connectivity index (χ3n) is 11.0. The molecule has 4 rings (SSSR count). The summed E-state index contributed by atoms with van der Waals surface area (Å²) in [6.45, 7) is 10.5. The number of ether oxygens (including phenoxy) is 1. The third-order valence-corrected chi connectivity index (χ3v) is 11.0. The quantitative estimate of drug-likeness (QED) is 0.150. The van der Waals surface area contributed by atoms with Gasteiger partial charge in [-0.3, -0.25) is 28.8 Å². The minimum Gasteiger partial charge on any atom is -0.447 e. The largest absolute Gasteiger partial charge is 0.447 e. The van der Waals surface area contributed by atoms with Crippen LogP contribution in [0.25, 0.3) is 0 Å². The lowest BCUT2D eigenvalue weighted by Crippen LogP contribution is -2.62. The van der Waals surface area contributed by atoms with Crippen molar-refractivity contribution in [3.05, 3.63) is 0 Å². The number of likely N-dealkylation sites (tertiary alicyclic amines) is 1. The average Bonchev–Trinajstić information content (AvgIpc) is 3.83. The SMILES string of the molecule is CCCC(NC(=O)[C@@H]1C[C@@H]2CCCC[C@@H]2N1C(=O)[C@@H](NC(=O)[C@@H](NC(=O)[C@H](C)NC(=O)OC(C)C)C1CCCCC1)C(C)C)C(=O)C(=O)NC1CC1. The molecule has 1 aliphatic heterocycles. The van der Waals surface area contributed by atoms with Crippen molar-refractivity contribution in [1.29, 1.82) is 0 Å². The van der Waals surface area contributed by atoms with Gasteiger partial charge in [0.15, 0.2) is 0 Å². The number of fused-ring (bicyclic) bond motifs is 1. The van der Waals surface area contributed by atoms with E-state index < -0.39 is 65.7 Å². The van der Waals surface area contributed by atoms with E-state index in [1.807, 2.05) is 20.8 Å². The Hall–Kier alpha value is -3.71. The van der Waals surface area contributed by atoms with Crippen LogP contribution in [0.2, 0.25) is 0 Å². The van der Waals surface area contributed by atoms with Gasteiger partial charge in [-0.25, -0.2) is 4.79 Å². The van der Waals surface area contributed by atoms with Gasteiger partial charge in [-0.15, -0.1) is 0 Å². The van der Waals surface area contributed by atoms with Crippen LogP contribution in [0.3, 0.4) is 0 Å². The van der Waals surface area contributed by atoms with Gasteiger partial charge in [0.1, 0.15) is 24.2 Å². The molecule has 0 aromatic heterocycles. The first-order valence-electron chi connectivity index (χ1n) is 19.8. The second-order valence-corrected chi connectivity index (χ2v) is 16.0. The molecule has 14 heteroatoms. The fourth-order valence-corrected chi connectivity index (χ4v) is 8.03. The monoisotopic (exact) mass is 730 g/mol. The van der Waals surface area contributed by atoms with Gasteiger partial charge in [-0.1, -0.05) is 59.3 Å². The van der Waals surface area contributed by atoms with Crippen LogP contribution in [0, 0.1) is 17.8 Å². The number of carbonyl (C=O) groups is 7. The molecule has 1 unspecified atom stereocenters. The standard InChI is InChI=1S/C38H62N6O8/c1-7-13-27(32(45)36(49)40-26-18-19-26)41-34(47)29-20-25-16-11-12-17-28(25)44(29)37(50)30(21(2)3)42-35(48)31(24-14-9-8-10-15-24)43-33(46)23(6)39-38(51)52-22(4)5/h21-31H,7-20H2,1-6H3,(H,39,51)(H,40,49)(H,41,47)(H,42,48)(H,43,46)/t23-,25-,27?,28-,29-,30-,31-/m0/s1. The molecule has 1 heterocycles. The van der Waals surface area contributed by atoms with Crippen LogP contribution in [-0.4, -0.2) is 94.7 Å². The van der Waals surface area contributed by atoms with E-state index in [-0.39, 0.29) is 41.8 Å². The number of ketones is 1. The second kappa shape index (κ2) is 18.9. The summed E-state index contributed by atoms with van der Waals surface area (Å²) in [4.78, 5) is 95.8. The first-order valence-corrected chi connectivity index (χ1v) is 19.8. The van der Waals surface area contributed by atoms with E-state index in [9.17, 15) is 33.6 Å². The highest BCUT2D eigenvalue weighted by atomic mass is 16.6. The van der Waals surface area contributed by atoms with Crippen LogP contribution in [0.15, 0.2) is 0 Å². The second-order valence-electron chi connectivity index (χ2n) is 16.0. The first kappa shape index (κ1) is 41.1. The molecule has 3 saturated carbocycles. The van der Waals surface area contributed by atoms with Crippen LogP contribution >= 0.6 is 0 Å². The predicted octanol–water partition coefficient (Wildman–Crippen LogP) is 3.01. The number of nitrogens with zero attached hydrogens (tertiary/aromatic N) is 1. The zero-order chi connectivity index (χ0) is 38.1. The Morgan fingerprint density at radius 3 is 2.02 bits per heavy atom. The van der Waals surface area contributed by atoms with Crippen molar-refractivity contribution in [3.8, 4) is 0 Å². The summed E-state index contributed by atoms with van der Waals surface area (Å²) < 4.78 is 5.11. The molecule has 5 N–H and O–H groups in total. The zero-order valence-electron chi connectivity index (χ0n) is 32.0. The molecule has 0 spiro atoms. The Labute approximate surface area is 308 Å². The predicted molar refractivity (Wildman–Crippen MR) is 193 cm³/mol. The summed E-state index contributed by atoms with van der Waals surface area (Å²) in [5.74, 6) is -3.65. The lowest BCUT2D eigenvalue weighted by molar-refractivity contribution is -0.146. The van der Waals surface area contributed by atoms with Crippen molar-refractivity contribution in [2.45, 2.75) is 180 Å². The van der Waals surface area contributed by atoms with E-state index in [1.165, 1.54) is 6.92 Å². The fourth-order valence-electron chi connectivity index (χ4n) is 8.03. The van der Waals surface area contributed by atoms with Crippen LogP contribution in [0.1, 0.15) is 131 Å². The maximum Gasteiger partial charge on any atom is 0.408 e. The molecule has 3 aliphatic carbocycles. The summed E-state index contributed by atoms with van der Waals surface area (Å²) >= 11 is 0. The Morgan fingerprint density at radius 1 is 0.750 bits per heavy atom. The molecule has 4 fully saturated rings. The lowest BCUT2D eigenvalue weighted by Gasteiger charge is -2.38. The van der Waals surface area contributed by atoms with Crippen molar-refractivity contribution in [3.63, 3.8) is 0 Å². The van der Waals surface area contributed by atoms with E-state index in [4.69, 9.17) is 4.74 Å². The van der Waals surface area contributed by atoms with Gasteiger partial charge in [0.05, 0.1) is 12.1 Å². The number of carbonyl (C=O) groups excluding carboxylic acids is 7. The Morgan fingerprint density at radius 2 is 1.40 bits per heavy atom. The Kier molecular flexibility index (Phi) is 14.9. The minimum atomic E-state index is -1.000. The van der Waals surface area contributed by atoms with Crippen molar-refractivity contribution < 1.29 is 38.3 Å². The van der Waals surface area contributed by atoms with E-state index in [1.54, 1.807) is 18.7 Å². The Balaban J connectivity index is 1.53. The number of rotatable bonds is 16. The fraction of sp³-hybridized carbons (Fsp3) is 0.816. The van der Waals surface area contributed by atoms with Gasteiger partial charge in [0, 0.05) is 12.1 Å². The maximum absolute atomic E-state index is 14.7. The number of hydrogen-bond acceptors (Lipinski definition) is 8. The normalized spacial score (nSPS) is 24.2. The highest BCUT2D eigenvalue weighted by molar-refractivity contribution is 6.38.